The van der Waals surface area contributed by atoms with Crippen LogP contribution in [0.5, 0.6) is 0 Å². The van der Waals surface area contributed by atoms with Gasteiger partial charge in [-0.1, -0.05) is 12.8 Å². The Labute approximate surface area is 262 Å². The summed E-state index contributed by atoms with van der Waals surface area (Å²) in [7, 11) is 0. The van der Waals surface area contributed by atoms with Crippen LogP contribution in [0, 0.1) is 0 Å². The van der Waals surface area contributed by atoms with Crippen LogP contribution in [0.25, 0.3) is 0 Å². The number of nitrogens with zero attached hydrogens (tertiary/aromatic N) is 1. The monoisotopic (exact) mass is 713 g/mol. The van der Waals surface area contributed by atoms with Gasteiger partial charge in [-0.15, -0.1) is 0 Å². The van der Waals surface area contributed by atoms with Crippen LogP contribution in [0.3, 0.4) is 0 Å². The van der Waals surface area contributed by atoms with Crippen molar-refractivity contribution in [1.29, 1.82) is 0 Å². The van der Waals surface area contributed by atoms with Crippen LogP contribution in [0.2, 0.25) is 0 Å². The van der Waals surface area contributed by atoms with Crippen molar-refractivity contribution in [2.75, 3.05) is 32.7 Å². The van der Waals surface area contributed by atoms with Crippen molar-refractivity contribution in [2.45, 2.75) is 76.4 Å². The number of aliphatic carboxylic acids is 3. The first kappa shape index (κ1) is 49.9. The number of alkyl halides is 9. The third-order valence-electron chi connectivity index (χ3n) is 4.44. The molecule has 11 N–H and O–H groups in total. The largest absolute Gasteiger partial charge is 0.490 e. The Kier molecular flexibility index (Phi) is 30.1. The molecule has 0 aromatic carbocycles. The smallest absolute Gasteiger partial charge is 0.475 e. The maximum Gasteiger partial charge on any atom is 0.490 e. The molecule has 0 aliphatic heterocycles. The third kappa shape index (κ3) is 42.1. The first-order chi connectivity index (χ1) is 21.4. The van der Waals surface area contributed by atoms with E-state index in [2.05, 4.69) is 26.4 Å². The second-order valence-corrected chi connectivity index (χ2v) is 8.76. The number of hydrogen-bond acceptors (Lipinski definition) is 9. The van der Waals surface area contributed by atoms with E-state index in [1.54, 1.807) is 0 Å². The number of unbranched alkanes of at least 4 members (excludes halogenated alkanes) is 4. The van der Waals surface area contributed by atoms with E-state index in [9.17, 15) is 49.1 Å². The van der Waals surface area contributed by atoms with Gasteiger partial charge in [0, 0.05) is 25.7 Å². The molecule has 0 aliphatic rings. The lowest BCUT2D eigenvalue weighted by Crippen LogP contribution is -2.40. The number of carbonyl (C=O) groups is 5. The molecule has 0 rings (SSSR count). The molecule has 2 amide bonds. The molecule has 0 fully saturated rings. The molecule has 0 saturated carbocycles. The van der Waals surface area contributed by atoms with Gasteiger partial charge in [-0.05, 0) is 52.1 Å². The molecule has 24 heteroatoms. The third-order valence-corrected chi connectivity index (χ3v) is 4.44. The molecule has 47 heavy (non-hydrogen) atoms. The molecule has 1 unspecified atom stereocenters. The van der Waals surface area contributed by atoms with Crippen LogP contribution < -0.4 is 33.0 Å². The summed E-state index contributed by atoms with van der Waals surface area (Å²) in [6.07, 6.45) is -7.18. The zero-order chi connectivity index (χ0) is 37.7. The standard InChI is InChI=1S/C17H37N7O2.3C2HF3O2/c1-15(18)8-13-20-9-6-7-12-23-17(26)16(25)22-11-5-3-2-4-10-21-14-24-19;3*3-2(4,5)1(6)7/h14-15,20H,2-13,18-19H2,1H3,(H,21,24)(H,22,25)(H,23,26);3*(H,6,7). The van der Waals surface area contributed by atoms with Crippen molar-refractivity contribution in [3.63, 3.8) is 0 Å². The zero-order valence-electron chi connectivity index (χ0n) is 25.0. The Bertz CT molecular complexity index is 862. The van der Waals surface area contributed by atoms with Crippen LogP contribution in [0.4, 0.5) is 39.5 Å². The number of hydrogen-bond donors (Lipinski definition) is 9. The van der Waals surface area contributed by atoms with Gasteiger partial charge in [-0.2, -0.15) is 39.5 Å². The number of carboxylic acid groups (broad SMARTS) is 3. The summed E-state index contributed by atoms with van der Waals surface area (Å²) >= 11 is 0. The van der Waals surface area contributed by atoms with Gasteiger partial charge in [-0.3, -0.25) is 14.6 Å². The van der Waals surface area contributed by atoms with E-state index >= 15 is 0 Å². The van der Waals surface area contributed by atoms with Crippen LogP contribution in [0.15, 0.2) is 4.99 Å². The van der Waals surface area contributed by atoms with Gasteiger partial charge in [0.15, 0.2) is 0 Å². The molecular formula is C23H40F9N7O8. The topological polar surface area (TPSA) is 259 Å². The van der Waals surface area contributed by atoms with Crippen molar-refractivity contribution in [1.82, 2.24) is 21.4 Å². The summed E-state index contributed by atoms with van der Waals surface area (Å²) in [5.41, 5.74) is 8.01. The van der Waals surface area contributed by atoms with E-state index in [-0.39, 0.29) is 6.04 Å². The summed E-state index contributed by atoms with van der Waals surface area (Å²) in [4.78, 5) is 54.0. The lowest BCUT2D eigenvalue weighted by molar-refractivity contribution is -0.193. The number of halogens is 9. The van der Waals surface area contributed by atoms with Gasteiger partial charge in [0.2, 0.25) is 0 Å². The van der Waals surface area contributed by atoms with Crippen LogP contribution in [-0.2, 0) is 24.0 Å². The van der Waals surface area contributed by atoms with Gasteiger partial charge in [0.1, 0.15) is 0 Å². The fourth-order valence-electron chi connectivity index (χ4n) is 2.19. The Morgan fingerprint density at radius 3 is 1.34 bits per heavy atom. The van der Waals surface area contributed by atoms with Gasteiger partial charge in [0.05, 0.1) is 6.34 Å². The highest BCUT2D eigenvalue weighted by Gasteiger charge is 2.39. The maximum atomic E-state index is 11.6. The number of amides is 2. The number of nitrogens with two attached hydrogens (primary N) is 2. The van der Waals surface area contributed by atoms with Crippen LogP contribution >= 0.6 is 0 Å². The highest BCUT2D eigenvalue weighted by molar-refractivity contribution is 6.35. The number of hydrazine groups is 1. The number of nitrogens with one attached hydrogen (secondary N) is 4. The highest BCUT2D eigenvalue weighted by Crippen LogP contribution is 2.14. The fraction of sp³-hybridized carbons (Fsp3) is 0.739. The number of aliphatic imine (C=N–C) groups is 1. The summed E-state index contributed by atoms with van der Waals surface area (Å²) < 4.78 is 95.2. The minimum Gasteiger partial charge on any atom is -0.475 e. The Morgan fingerprint density at radius 1 is 0.660 bits per heavy atom. The maximum absolute atomic E-state index is 11.6. The molecule has 0 bridgehead atoms. The molecular weight excluding hydrogens is 673 g/mol. The van der Waals surface area contributed by atoms with E-state index in [4.69, 9.17) is 41.3 Å². The normalized spacial score (nSPS) is 11.7. The summed E-state index contributed by atoms with van der Waals surface area (Å²) in [6, 6.07) is 0.216. The van der Waals surface area contributed by atoms with Gasteiger partial charge in [0.25, 0.3) is 0 Å². The van der Waals surface area contributed by atoms with E-state index in [1.165, 1.54) is 6.34 Å². The van der Waals surface area contributed by atoms with Gasteiger partial charge < -0.3 is 42.4 Å². The molecule has 0 radical (unpaired) electrons. The summed E-state index contributed by atoms with van der Waals surface area (Å²) in [5, 5.41) is 30.0. The summed E-state index contributed by atoms with van der Waals surface area (Å²) in [5.74, 6) is -4.33. The lowest BCUT2D eigenvalue weighted by atomic mass is 10.2. The second kappa shape index (κ2) is 28.3. The van der Waals surface area contributed by atoms with Crippen molar-refractivity contribution in [3.05, 3.63) is 0 Å². The van der Waals surface area contributed by atoms with Crippen LogP contribution in [0.1, 0.15) is 51.9 Å². The number of rotatable bonds is 16. The van der Waals surface area contributed by atoms with Crippen molar-refractivity contribution in [3.8, 4) is 0 Å². The SMILES string of the molecule is CC(N)CCNCCCCNC(=O)C(=O)NCCCCCCN=CNN.O=C(O)C(F)(F)F.O=C(O)C(F)(F)F.O=C(O)C(F)(F)F. The van der Waals surface area contributed by atoms with Gasteiger partial charge >= 0.3 is 48.3 Å². The Hall–Kier alpha value is -3.93. The molecule has 1 atom stereocenters. The molecule has 278 valence electrons. The first-order valence-electron chi connectivity index (χ1n) is 13.3. The van der Waals surface area contributed by atoms with E-state index in [1.807, 2.05) is 6.92 Å². The molecule has 0 aromatic rings. The van der Waals surface area contributed by atoms with Gasteiger partial charge in [-0.25, -0.2) is 20.2 Å². The molecule has 0 aromatic heterocycles. The lowest BCUT2D eigenvalue weighted by Gasteiger charge is -2.08. The second-order valence-electron chi connectivity index (χ2n) is 8.76. The predicted octanol–water partition coefficient (Wildman–Crippen LogP) is 1.28. The number of carbonyl (C=O) groups excluding carboxylic acids is 2. The minimum absolute atomic E-state index is 0.216. The highest BCUT2D eigenvalue weighted by atomic mass is 19.4. The molecule has 15 nitrogen and oxygen atoms in total. The molecule has 0 saturated heterocycles. The van der Waals surface area contributed by atoms with Crippen molar-refractivity contribution < 1.29 is 78.8 Å². The van der Waals surface area contributed by atoms with Crippen LogP contribution in [-0.4, -0.2) is 109 Å². The minimum atomic E-state index is -5.08. The molecule has 0 heterocycles. The van der Waals surface area contributed by atoms with Crippen molar-refractivity contribution >= 4 is 36.1 Å². The predicted molar refractivity (Wildman–Crippen MR) is 147 cm³/mol. The van der Waals surface area contributed by atoms with E-state index in [0.29, 0.717) is 13.1 Å². The molecule has 0 aliphatic carbocycles. The van der Waals surface area contributed by atoms with E-state index in [0.717, 1.165) is 64.6 Å². The Morgan fingerprint density at radius 2 is 1.00 bits per heavy atom. The van der Waals surface area contributed by atoms with Crippen molar-refractivity contribution in [2.24, 2.45) is 16.6 Å². The average Bonchev–Trinajstić information content (AvgIpc) is 2.92. The number of carboxylic acids is 3. The fourth-order valence-corrected chi connectivity index (χ4v) is 2.19. The molecule has 0 spiro atoms. The average molecular weight is 714 g/mol. The quantitative estimate of drug-likeness (QED) is 0.0209. The van der Waals surface area contributed by atoms with E-state index < -0.39 is 48.3 Å². The first-order valence-corrected chi connectivity index (χ1v) is 13.3. The summed E-state index contributed by atoms with van der Waals surface area (Å²) in [6.45, 7) is 5.55. The zero-order valence-corrected chi connectivity index (χ0v) is 25.0. The Balaban J connectivity index is -0.000000353.